The second-order valence-corrected chi connectivity index (χ2v) is 14.8. The normalized spacial score (nSPS) is 18.7. The lowest BCUT2D eigenvalue weighted by Crippen LogP contribution is -2.29. The number of nitrogens with zero attached hydrogens (tertiary/aromatic N) is 2. The van der Waals surface area contributed by atoms with E-state index in [0.29, 0.717) is 5.92 Å². The van der Waals surface area contributed by atoms with Crippen LogP contribution in [0.5, 0.6) is 0 Å². The Hall–Kier alpha value is -3.17. The molecule has 42 heavy (non-hydrogen) atoms. The second kappa shape index (κ2) is 12.2. The monoisotopic (exact) mass is 616 g/mol. The van der Waals surface area contributed by atoms with Gasteiger partial charge in [-0.1, -0.05) is 65.9 Å². The molecule has 1 aromatic heterocycles. The van der Waals surface area contributed by atoms with E-state index in [9.17, 15) is 13.0 Å². The average Bonchev–Trinajstić information content (AvgIpc) is 3.38. The fourth-order valence-corrected chi connectivity index (χ4v) is 8.19. The van der Waals surface area contributed by atoms with Gasteiger partial charge in [0.2, 0.25) is 5.52 Å². The van der Waals surface area contributed by atoms with Crippen molar-refractivity contribution in [2.24, 2.45) is 13.0 Å². The Morgan fingerprint density at radius 3 is 2.31 bits per heavy atom. The first-order valence-corrected chi connectivity index (χ1v) is 17.0. The first-order valence-electron chi connectivity index (χ1n) is 13.9. The molecule has 0 bridgehead atoms. The smallest absolute Gasteiger partial charge is 0.262 e. The molecule has 1 aliphatic heterocycles. The van der Waals surface area contributed by atoms with Gasteiger partial charge in [0, 0.05) is 24.1 Å². The van der Waals surface area contributed by atoms with Crippen LogP contribution in [-0.2, 0) is 17.2 Å². The van der Waals surface area contributed by atoms with E-state index < -0.39 is 10.1 Å². The molecule has 6 rings (SSSR count). The number of thioether (sulfide) groups is 1. The molecule has 4 aromatic rings. The van der Waals surface area contributed by atoms with Gasteiger partial charge in [0.05, 0.1) is 15.6 Å². The topological polar surface area (TPSA) is 64.3 Å². The molecule has 0 N–H and O–H groups in total. The Labute approximate surface area is 257 Å². The average molecular weight is 617 g/mol. The number of rotatable bonds is 3. The van der Waals surface area contributed by atoms with Gasteiger partial charge < -0.3 is 9.45 Å². The lowest BCUT2D eigenvalue weighted by atomic mass is 9.87. The molecule has 0 spiro atoms. The summed E-state index contributed by atoms with van der Waals surface area (Å²) in [6, 6.07) is 19.3. The van der Waals surface area contributed by atoms with Crippen LogP contribution in [0.15, 0.2) is 98.8 Å². The molecule has 1 unspecified atom stereocenters. The number of benzene rings is 3. The van der Waals surface area contributed by atoms with Crippen molar-refractivity contribution < 1.29 is 17.5 Å². The van der Waals surface area contributed by atoms with Gasteiger partial charge in [0.25, 0.3) is 5.01 Å². The van der Waals surface area contributed by atoms with Crippen LogP contribution in [0.25, 0.3) is 16.3 Å². The van der Waals surface area contributed by atoms with Crippen LogP contribution in [0, 0.1) is 26.7 Å². The fourth-order valence-electron chi connectivity index (χ4n) is 5.27. The van der Waals surface area contributed by atoms with Gasteiger partial charge in [-0.05, 0) is 98.2 Å². The third-order valence-corrected chi connectivity index (χ3v) is 10.7. The van der Waals surface area contributed by atoms with Crippen LogP contribution in [-0.4, -0.2) is 20.0 Å². The maximum atomic E-state index is 10.4. The summed E-state index contributed by atoms with van der Waals surface area (Å²) >= 11 is 3.78. The molecule has 0 radical (unpaired) electrons. The van der Waals surface area contributed by atoms with Gasteiger partial charge in [-0.25, -0.2) is 8.42 Å². The van der Waals surface area contributed by atoms with Gasteiger partial charge >= 0.3 is 0 Å². The number of anilines is 1. The van der Waals surface area contributed by atoms with Crippen LogP contribution in [0.2, 0.25) is 0 Å². The molecule has 0 amide bonds. The second-order valence-electron chi connectivity index (χ2n) is 11.3. The third-order valence-electron chi connectivity index (χ3n) is 7.51. The summed E-state index contributed by atoms with van der Waals surface area (Å²) in [5.41, 5.74) is 9.07. The van der Waals surface area contributed by atoms with Crippen molar-refractivity contribution in [3.63, 3.8) is 0 Å². The number of thiazole rings is 1. The molecule has 2 aliphatic rings. The van der Waals surface area contributed by atoms with Crippen LogP contribution in [0.3, 0.4) is 0 Å². The van der Waals surface area contributed by atoms with E-state index >= 15 is 0 Å². The Morgan fingerprint density at radius 1 is 0.929 bits per heavy atom. The minimum absolute atomic E-state index is 0.178. The standard InChI is InChI=1S/C27H29N2S2.C7H8O3S/c1-17-6-8-22-24(12-17)30-26(28(22)4)15-20-10-19(3)11-21(14-20)16-27-29(5)23-9-7-18(2)13-25(23)31-27;1-6-2-4-7(5-3-6)11(8,9)10/h6-9,12-16,19H,10-11H2,1-5H3;2-5H,1H3,(H,8,9,10)/q+1;/p-1. The van der Waals surface area contributed by atoms with E-state index in [1.807, 2.05) is 30.0 Å². The van der Waals surface area contributed by atoms with Crippen LogP contribution in [0.4, 0.5) is 5.69 Å². The van der Waals surface area contributed by atoms with E-state index in [1.54, 1.807) is 12.1 Å². The molecule has 3 aromatic carbocycles. The molecule has 2 heterocycles. The van der Waals surface area contributed by atoms with Crippen molar-refractivity contribution in [2.75, 3.05) is 11.9 Å². The lowest BCUT2D eigenvalue weighted by molar-refractivity contribution is -0.642. The number of fused-ring (bicyclic) bond motifs is 2. The van der Waals surface area contributed by atoms with E-state index in [1.165, 1.54) is 65.2 Å². The summed E-state index contributed by atoms with van der Waals surface area (Å²) in [5, 5.41) is 2.64. The largest absolute Gasteiger partial charge is 0.744 e. The van der Waals surface area contributed by atoms with Gasteiger partial charge in [0.1, 0.15) is 21.9 Å². The van der Waals surface area contributed by atoms with Gasteiger partial charge in [-0.2, -0.15) is 4.57 Å². The van der Waals surface area contributed by atoms with Crippen molar-refractivity contribution in [2.45, 2.75) is 50.3 Å². The number of aromatic nitrogens is 1. The van der Waals surface area contributed by atoms with Crippen molar-refractivity contribution in [3.8, 4) is 0 Å². The molecule has 0 saturated heterocycles. The number of hydrogen-bond donors (Lipinski definition) is 0. The molecule has 218 valence electrons. The summed E-state index contributed by atoms with van der Waals surface area (Å²) in [5.74, 6) is 0.659. The van der Waals surface area contributed by atoms with E-state index in [-0.39, 0.29) is 4.90 Å². The summed E-state index contributed by atoms with van der Waals surface area (Å²) in [7, 11) is 0.0970. The van der Waals surface area contributed by atoms with Crippen molar-refractivity contribution in [1.82, 2.24) is 0 Å². The van der Waals surface area contributed by atoms with Crippen molar-refractivity contribution in [3.05, 3.63) is 111 Å². The maximum Gasteiger partial charge on any atom is 0.262 e. The molecule has 1 atom stereocenters. The zero-order chi connectivity index (χ0) is 30.2. The molecule has 0 saturated carbocycles. The first-order chi connectivity index (χ1) is 19.9. The maximum absolute atomic E-state index is 10.4. The summed E-state index contributed by atoms with van der Waals surface area (Å²) in [6.07, 6.45) is 9.51. The third kappa shape index (κ3) is 6.89. The highest BCUT2D eigenvalue weighted by Crippen LogP contribution is 2.46. The first kappa shape index (κ1) is 30.3. The molecule has 0 fully saturated rings. The van der Waals surface area contributed by atoms with Crippen molar-refractivity contribution >= 4 is 55.2 Å². The number of allylic oxidation sites excluding steroid dienone is 4. The Morgan fingerprint density at radius 2 is 1.60 bits per heavy atom. The predicted molar refractivity (Wildman–Crippen MR) is 175 cm³/mol. The highest BCUT2D eigenvalue weighted by Gasteiger charge is 2.24. The lowest BCUT2D eigenvalue weighted by Gasteiger charge is -2.21. The van der Waals surface area contributed by atoms with E-state index in [0.717, 1.165) is 18.4 Å². The zero-order valence-corrected chi connectivity index (χ0v) is 27.3. The van der Waals surface area contributed by atoms with Gasteiger partial charge in [0.15, 0.2) is 0 Å². The zero-order valence-electron chi connectivity index (χ0n) is 24.8. The molecule has 8 heteroatoms. The Kier molecular flexibility index (Phi) is 8.81. The van der Waals surface area contributed by atoms with Crippen LogP contribution < -0.4 is 9.47 Å². The van der Waals surface area contributed by atoms with Crippen molar-refractivity contribution in [1.29, 1.82) is 0 Å². The van der Waals surface area contributed by atoms with Gasteiger partial charge in [-0.3, -0.25) is 0 Å². The summed E-state index contributed by atoms with van der Waals surface area (Å²) in [4.78, 5) is 3.52. The quantitative estimate of drug-likeness (QED) is 0.172. The predicted octanol–water partition coefficient (Wildman–Crippen LogP) is 8.06. The summed E-state index contributed by atoms with van der Waals surface area (Å²) < 4.78 is 34.9. The Balaban J connectivity index is 0.000000271. The number of aryl methyl sites for hydroxylation is 4. The highest BCUT2D eigenvalue weighted by molar-refractivity contribution is 8.03. The molecule has 1 aliphatic carbocycles. The SMILES string of the molecule is Cc1ccc(S(=O)(=O)[O-])cc1.Cc1ccc2c(c1)S/C(=C\C1=CC(=C/c3sc4cc(C)ccc4[n+]3C)/CC(C)C1)N2C. The van der Waals surface area contributed by atoms with E-state index in [2.05, 4.69) is 99.0 Å². The highest BCUT2D eigenvalue weighted by atomic mass is 32.2. The van der Waals surface area contributed by atoms with Gasteiger partial charge in [-0.15, -0.1) is 0 Å². The van der Waals surface area contributed by atoms with Crippen LogP contribution >= 0.6 is 23.1 Å². The number of hydrogen-bond acceptors (Lipinski definition) is 6. The Bertz CT molecular complexity index is 1850. The summed E-state index contributed by atoms with van der Waals surface area (Å²) in [6.45, 7) is 8.53. The minimum Gasteiger partial charge on any atom is -0.744 e. The fraction of sp³-hybridized carbons (Fsp3) is 0.265. The minimum atomic E-state index is -4.27. The van der Waals surface area contributed by atoms with E-state index in [4.69, 9.17) is 0 Å². The van der Waals surface area contributed by atoms with Crippen LogP contribution in [0.1, 0.15) is 41.5 Å². The molecular formula is C34H36N2O3S3. The molecular weight excluding hydrogens is 581 g/mol. The molecule has 5 nitrogen and oxygen atoms in total.